The lowest BCUT2D eigenvalue weighted by Gasteiger charge is -2.20. The number of nitrogens with one attached hydrogen (secondary N) is 2. The van der Waals surface area contributed by atoms with Crippen LogP contribution < -0.4 is 15.0 Å². The van der Waals surface area contributed by atoms with Crippen LogP contribution in [-0.4, -0.2) is 49.2 Å². The third kappa shape index (κ3) is 5.65. The number of alkyl halides is 3. The Morgan fingerprint density at radius 2 is 1.85 bits per heavy atom. The summed E-state index contributed by atoms with van der Waals surface area (Å²) in [6.07, 6.45) is 4.57. The molecule has 0 aliphatic carbocycles. The van der Waals surface area contributed by atoms with Gasteiger partial charge in [0.15, 0.2) is 9.84 Å². The Morgan fingerprint density at radius 1 is 1.18 bits per heavy atom. The minimum absolute atomic E-state index is 0.0644. The van der Waals surface area contributed by atoms with Crippen molar-refractivity contribution in [2.75, 3.05) is 29.6 Å². The molecule has 0 saturated carbocycles. The van der Waals surface area contributed by atoms with Gasteiger partial charge in [-0.25, -0.2) is 13.4 Å². The number of sulfone groups is 1. The van der Waals surface area contributed by atoms with Crippen molar-refractivity contribution in [3.05, 3.63) is 54.2 Å². The van der Waals surface area contributed by atoms with Crippen LogP contribution in [0.4, 0.5) is 20.3 Å². The van der Waals surface area contributed by atoms with Crippen molar-refractivity contribution in [1.29, 1.82) is 0 Å². The first-order chi connectivity index (χ1) is 16.0. The van der Waals surface area contributed by atoms with E-state index in [4.69, 9.17) is 11.6 Å². The van der Waals surface area contributed by atoms with Gasteiger partial charge in [0, 0.05) is 48.4 Å². The molecule has 4 rings (SSSR count). The highest BCUT2D eigenvalue weighted by atomic mass is 35.5. The molecule has 1 aliphatic heterocycles. The highest BCUT2D eigenvalue weighted by Gasteiger charge is 2.27. The van der Waals surface area contributed by atoms with Crippen molar-refractivity contribution < 1.29 is 26.7 Å². The molecule has 180 valence electrons. The summed E-state index contributed by atoms with van der Waals surface area (Å²) < 4.78 is 53.6. The monoisotopic (exact) mass is 510 g/mol. The number of aromatic amines is 1. The maximum Gasteiger partial charge on any atom is 0.487 e. The second-order valence-corrected chi connectivity index (χ2v) is 10.2. The fourth-order valence-electron chi connectivity index (χ4n) is 3.65. The van der Waals surface area contributed by atoms with E-state index in [1.807, 2.05) is 0 Å². The predicted octanol–water partition coefficient (Wildman–Crippen LogP) is 4.50. The molecule has 8 nitrogen and oxygen atoms in total. The van der Waals surface area contributed by atoms with Gasteiger partial charge >= 0.3 is 5.57 Å². The van der Waals surface area contributed by atoms with Gasteiger partial charge in [-0.2, -0.15) is 0 Å². The Hall–Kier alpha value is -3.18. The second-order valence-electron chi connectivity index (χ2n) is 7.82. The molecule has 1 saturated heterocycles. The van der Waals surface area contributed by atoms with E-state index >= 15 is 0 Å². The number of nitrogens with zero attached hydrogens (tertiary/aromatic N) is 2. The average Bonchev–Trinajstić information content (AvgIpc) is 3.46. The van der Waals surface area contributed by atoms with Gasteiger partial charge in [0.2, 0.25) is 0 Å². The van der Waals surface area contributed by atoms with Gasteiger partial charge in [0.1, 0.15) is 16.6 Å². The van der Waals surface area contributed by atoms with Gasteiger partial charge in [-0.1, -0.05) is 0 Å². The number of halogens is 3. The summed E-state index contributed by atoms with van der Waals surface area (Å²) in [7, 11) is -3.44. The van der Waals surface area contributed by atoms with Crippen LogP contribution in [0.25, 0.3) is 11.3 Å². The Morgan fingerprint density at radius 3 is 2.44 bits per heavy atom. The van der Waals surface area contributed by atoms with Gasteiger partial charge in [-0.15, -0.1) is 8.78 Å². The Bertz CT molecular complexity index is 1300. The Labute approximate surface area is 199 Å². The molecule has 0 unspecified atom stereocenters. The van der Waals surface area contributed by atoms with Gasteiger partial charge in [0.05, 0.1) is 11.3 Å². The number of carbonyl (C=O) groups is 1. The number of amides is 1. The van der Waals surface area contributed by atoms with Gasteiger partial charge in [-0.05, 0) is 55.3 Å². The molecule has 12 heteroatoms. The van der Waals surface area contributed by atoms with Crippen LogP contribution in [0.3, 0.4) is 0 Å². The third-order valence-corrected chi connectivity index (χ3v) is 6.34. The number of hydrogen-bond acceptors (Lipinski definition) is 6. The van der Waals surface area contributed by atoms with Crippen LogP contribution in [0.1, 0.15) is 23.2 Å². The lowest BCUT2D eigenvalue weighted by molar-refractivity contribution is -0.0964. The molecule has 1 fully saturated rings. The summed E-state index contributed by atoms with van der Waals surface area (Å²) in [6, 6.07) is 10.0. The average molecular weight is 511 g/mol. The summed E-state index contributed by atoms with van der Waals surface area (Å²) in [5.41, 5.74) is -2.13. The SMILES string of the molecule is CS(=O)(=O)c1ccc(-c2cc(C(=O)Nc3ccc(OC(F)(F)Cl)cc3)cnc2N2CCCC2)[nH]1. The Kier molecular flexibility index (Phi) is 6.50. The van der Waals surface area contributed by atoms with E-state index in [1.54, 1.807) is 12.1 Å². The topological polar surface area (TPSA) is 104 Å². The number of H-pyrrole nitrogens is 1. The van der Waals surface area contributed by atoms with Crippen molar-refractivity contribution in [1.82, 2.24) is 9.97 Å². The van der Waals surface area contributed by atoms with Gasteiger partial charge < -0.3 is 19.9 Å². The van der Waals surface area contributed by atoms with Crippen LogP contribution >= 0.6 is 11.6 Å². The van der Waals surface area contributed by atoms with Crippen LogP contribution in [0.5, 0.6) is 5.75 Å². The highest BCUT2D eigenvalue weighted by molar-refractivity contribution is 7.90. The molecule has 2 aromatic heterocycles. The zero-order valence-electron chi connectivity index (χ0n) is 18.0. The quantitative estimate of drug-likeness (QED) is 0.453. The number of aromatic nitrogens is 2. The minimum atomic E-state index is -3.83. The van der Waals surface area contributed by atoms with Crippen molar-refractivity contribution in [2.24, 2.45) is 0 Å². The number of anilines is 2. The van der Waals surface area contributed by atoms with E-state index in [-0.39, 0.29) is 16.3 Å². The number of pyridine rings is 1. The number of hydrogen-bond donors (Lipinski definition) is 2. The first-order valence-electron chi connectivity index (χ1n) is 10.3. The van der Waals surface area contributed by atoms with Gasteiger partial charge in [0.25, 0.3) is 5.91 Å². The summed E-state index contributed by atoms with van der Waals surface area (Å²) in [6.45, 7) is 1.61. The maximum atomic E-state index is 12.9. The van der Waals surface area contributed by atoms with Crippen LogP contribution in [0, 0.1) is 0 Å². The predicted molar refractivity (Wildman–Crippen MR) is 124 cm³/mol. The lowest BCUT2D eigenvalue weighted by Crippen LogP contribution is -2.21. The Balaban J connectivity index is 1.61. The molecule has 3 heterocycles. The number of carbonyl (C=O) groups excluding carboxylic acids is 1. The van der Waals surface area contributed by atoms with Crippen molar-refractivity contribution >= 4 is 38.9 Å². The van der Waals surface area contributed by atoms with E-state index in [1.165, 1.54) is 36.5 Å². The molecule has 0 spiro atoms. The molecule has 0 radical (unpaired) electrons. The van der Waals surface area contributed by atoms with E-state index in [9.17, 15) is 22.0 Å². The van der Waals surface area contributed by atoms with E-state index in [2.05, 4.69) is 24.9 Å². The van der Waals surface area contributed by atoms with E-state index in [0.717, 1.165) is 32.2 Å². The highest BCUT2D eigenvalue weighted by Crippen LogP contribution is 2.32. The first-order valence-corrected chi connectivity index (χ1v) is 12.6. The molecule has 0 bridgehead atoms. The van der Waals surface area contributed by atoms with Crippen molar-refractivity contribution in [3.63, 3.8) is 0 Å². The third-order valence-electron chi connectivity index (χ3n) is 5.23. The summed E-state index contributed by atoms with van der Waals surface area (Å²) in [4.78, 5) is 22.4. The zero-order valence-corrected chi connectivity index (χ0v) is 19.6. The standard InChI is InChI=1S/C22H21ClF2N4O4S/c1-34(31,32)19-9-8-18(28-19)17-12-14(13-26-20(17)29-10-2-3-11-29)21(30)27-15-4-6-16(7-5-15)33-22(23,24)25/h4-9,12-13,28H,2-3,10-11H2,1H3,(H,27,30). The summed E-state index contributed by atoms with van der Waals surface area (Å²) in [5.74, 6) is 0.0118. The molecular formula is C22H21ClF2N4O4S. The number of ether oxygens (including phenoxy) is 1. The smallest absolute Gasteiger partial charge is 0.420 e. The second kappa shape index (κ2) is 9.22. The van der Waals surface area contributed by atoms with Crippen molar-refractivity contribution in [2.45, 2.75) is 23.4 Å². The number of rotatable bonds is 7. The molecule has 1 amide bonds. The minimum Gasteiger partial charge on any atom is -0.420 e. The molecule has 2 N–H and O–H groups in total. The van der Waals surface area contributed by atoms with Crippen LogP contribution in [0.2, 0.25) is 0 Å². The molecule has 34 heavy (non-hydrogen) atoms. The lowest BCUT2D eigenvalue weighted by atomic mass is 10.1. The first kappa shape index (κ1) is 24.0. The van der Waals surface area contributed by atoms with E-state index in [0.29, 0.717) is 22.8 Å². The molecule has 1 aromatic carbocycles. The van der Waals surface area contributed by atoms with Gasteiger partial charge in [-0.3, -0.25) is 4.79 Å². The van der Waals surface area contributed by atoms with Crippen LogP contribution in [-0.2, 0) is 9.84 Å². The zero-order chi connectivity index (χ0) is 24.5. The summed E-state index contributed by atoms with van der Waals surface area (Å²) >= 11 is 4.75. The largest absolute Gasteiger partial charge is 0.487 e. The maximum absolute atomic E-state index is 12.9. The molecular weight excluding hydrogens is 490 g/mol. The van der Waals surface area contributed by atoms with Crippen LogP contribution in [0.15, 0.2) is 53.7 Å². The molecule has 3 aromatic rings. The number of benzene rings is 1. The fourth-order valence-corrected chi connectivity index (χ4v) is 4.35. The normalized spacial score (nSPS) is 14.3. The van der Waals surface area contributed by atoms with Crippen molar-refractivity contribution in [3.8, 4) is 17.0 Å². The molecule has 1 aliphatic rings. The molecule has 0 atom stereocenters. The fraction of sp³-hybridized carbons (Fsp3) is 0.273. The van der Waals surface area contributed by atoms with E-state index < -0.39 is 21.3 Å². The summed E-state index contributed by atoms with van der Waals surface area (Å²) in [5, 5.41) is 2.74.